The van der Waals surface area contributed by atoms with E-state index in [-0.39, 0.29) is 0 Å². The van der Waals surface area contributed by atoms with E-state index >= 15 is 0 Å². The second-order valence-corrected chi connectivity index (χ2v) is 8.50. The van der Waals surface area contributed by atoms with E-state index in [4.69, 9.17) is 4.74 Å². The summed E-state index contributed by atoms with van der Waals surface area (Å²) in [5.41, 5.74) is 3.42. The number of ether oxygens (including phenoxy) is 1. The first-order valence-electron chi connectivity index (χ1n) is 9.51. The molecule has 1 atom stereocenters. The van der Waals surface area contributed by atoms with E-state index in [1.54, 1.807) is 0 Å². The molecule has 1 saturated heterocycles. The van der Waals surface area contributed by atoms with Crippen LogP contribution in [0, 0.1) is 0 Å². The van der Waals surface area contributed by atoms with Gasteiger partial charge in [-0.05, 0) is 36.1 Å². The average molecular weight is 378 g/mol. The first-order chi connectivity index (χ1) is 13.3. The Kier molecular flexibility index (Phi) is 4.44. The maximum Gasteiger partial charge on any atom is 0.151 e. The Bertz CT molecular complexity index is 984. The summed E-state index contributed by atoms with van der Waals surface area (Å²) < 4.78 is 8.65. The molecule has 0 bridgehead atoms. The van der Waals surface area contributed by atoms with Gasteiger partial charge in [-0.1, -0.05) is 48.3 Å². The smallest absolute Gasteiger partial charge is 0.151 e. The number of hydrogen-bond donors (Lipinski definition) is 2. The standard InChI is InChI=1S/C22H23N3OS/c1-15(27-25-12-10-23-11-13-25)17-7-8-20-19(14-17)24-22-18-5-3-2-4-16(18)6-9-21(22)26-20/h2-9,14-15,23-24H,10-13H2,1H3. The molecular weight excluding hydrogens is 354 g/mol. The van der Waals surface area contributed by atoms with Crippen molar-refractivity contribution in [2.75, 3.05) is 31.5 Å². The van der Waals surface area contributed by atoms with Crippen LogP contribution in [0.3, 0.4) is 0 Å². The van der Waals surface area contributed by atoms with Crippen molar-refractivity contribution in [2.45, 2.75) is 12.2 Å². The van der Waals surface area contributed by atoms with Gasteiger partial charge in [-0.25, -0.2) is 4.31 Å². The molecule has 1 unspecified atom stereocenters. The van der Waals surface area contributed by atoms with Crippen LogP contribution in [0.4, 0.5) is 11.4 Å². The van der Waals surface area contributed by atoms with Crippen LogP contribution >= 0.6 is 11.9 Å². The van der Waals surface area contributed by atoms with E-state index in [0.29, 0.717) is 5.25 Å². The van der Waals surface area contributed by atoms with Crippen LogP contribution in [-0.2, 0) is 0 Å². The predicted octanol–water partition coefficient (Wildman–Crippen LogP) is 5.30. The zero-order chi connectivity index (χ0) is 18.2. The average Bonchev–Trinajstić information content (AvgIpc) is 2.72. The van der Waals surface area contributed by atoms with Gasteiger partial charge in [-0.3, -0.25) is 0 Å². The van der Waals surface area contributed by atoms with Crippen LogP contribution in [0.15, 0.2) is 54.6 Å². The van der Waals surface area contributed by atoms with Gasteiger partial charge in [0.1, 0.15) is 0 Å². The Morgan fingerprint density at radius 3 is 2.70 bits per heavy atom. The van der Waals surface area contributed by atoms with Crippen molar-refractivity contribution in [1.82, 2.24) is 9.62 Å². The van der Waals surface area contributed by atoms with E-state index in [1.807, 2.05) is 18.0 Å². The summed E-state index contributed by atoms with van der Waals surface area (Å²) in [6.07, 6.45) is 0. The highest BCUT2D eigenvalue weighted by Crippen LogP contribution is 2.46. The van der Waals surface area contributed by atoms with Crippen LogP contribution in [0.1, 0.15) is 17.7 Å². The summed E-state index contributed by atoms with van der Waals surface area (Å²) in [6, 6.07) is 19.1. The molecule has 27 heavy (non-hydrogen) atoms. The van der Waals surface area contributed by atoms with Gasteiger partial charge in [0.2, 0.25) is 0 Å². The van der Waals surface area contributed by atoms with Gasteiger partial charge in [-0.2, -0.15) is 0 Å². The molecule has 0 radical (unpaired) electrons. The summed E-state index contributed by atoms with van der Waals surface area (Å²) in [5.74, 6) is 1.78. The molecular formula is C22H23N3OS. The zero-order valence-corrected chi connectivity index (χ0v) is 16.2. The molecule has 5 rings (SSSR count). The van der Waals surface area contributed by atoms with E-state index in [2.05, 4.69) is 70.4 Å². The van der Waals surface area contributed by atoms with Crippen molar-refractivity contribution in [1.29, 1.82) is 0 Å². The Morgan fingerprint density at radius 2 is 1.81 bits per heavy atom. The fourth-order valence-electron chi connectivity index (χ4n) is 3.74. The maximum absolute atomic E-state index is 6.18. The van der Waals surface area contributed by atoms with Gasteiger partial charge >= 0.3 is 0 Å². The number of hydrogen-bond acceptors (Lipinski definition) is 5. The summed E-state index contributed by atoms with van der Waals surface area (Å²) in [7, 11) is 0. The molecule has 2 aliphatic rings. The second kappa shape index (κ2) is 7.08. The van der Waals surface area contributed by atoms with E-state index in [0.717, 1.165) is 49.1 Å². The number of nitrogens with zero attached hydrogens (tertiary/aromatic N) is 1. The van der Waals surface area contributed by atoms with Crippen molar-refractivity contribution in [3.8, 4) is 11.5 Å². The van der Waals surface area contributed by atoms with Crippen LogP contribution in [0.25, 0.3) is 10.8 Å². The fourth-order valence-corrected chi connectivity index (χ4v) is 4.85. The fraction of sp³-hybridized carbons (Fsp3) is 0.273. The first kappa shape index (κ1) is 16.9. The molecule has 2 heterocycles. The third-order valence-corrected chi connectivity index (χ3v) is 6.48. The van der Waals surface area contributed by atoms with E-state index in [9.17, 15) is 0 Å². The lowest BCUT2D eigenvalue weighted by atomic mass is 10.1. The molecule has 0 aliphatic carbocycles. The lowest BCUT2D eigenvalue weighted by Gasteiger charge is -2.29. The lowest BCUT2D eigenvalue weighted by molar-refractivity contribution is 0.395. The Hall–Kier alpha value is -2.21. The van der Waals surface area contributed by atoms with Crippen molar-refractivity contribution in [3.63, 3.8) is 0 Å². The molecule has 0 aromatic heterocycles. The highest BCUT2D eigenvalue weighted by Gasteiger charge is 2.21. The Labute approximate surface area is 164 Å². The topological polar surface area (TPSA) is 36.5 Å². The molecule has 0 amide bonds. The van der Waals surface area contributed by atoms with Crippen LogP contribution in [0.2, 0.25) is 0 Å². The second-order valence-electron chi connectivity index (χ2n) is 7.07. The highest BCUT2D eigenvalue weighted by molar-refractivity contribution is 7.97. The zero-order valence-electron chi connectivity index (χ0n) is 15.4. The minimum atomic E-state index is 0.407. The third-order valence-electron chi connectivity index (χ3n) is 5.23. The van der Waals surface area contributed by atoms with E-state index < -0.39 is 0 Å². The van der Waals surface area contributed by atoms with Crippen molar-refractivity contribution < 1.29 is 4.74 Å². The summed E-state index contributed by atoms with van der Waals surface area (Å²) in [5, 5.41) is 9.85. The van der Waals surface area contributed by atoms with Crippen LogP contribution in [0.5, 0.6) is 11.5 Å². The summed E-state index contributed by atoms with van der Waals surface area (Å²) in [6.45, 7) is 6.62. The normalized spacial score (nSPS) is 17.5. The lowest BCUT2D eigenvalue weighted by Crippen LogP contribution is -2.40. The molecule has 2 aliphatic heterocycles. The number of benzene rings is 3. The molecule has 4 nitrogen and oxygen atoms in total. The molecule has 5 heteroatoms. The largest absolute Gasteiger partial charge is 0.453 e. The number of rotatable bonds is 3. The monoisotopic (exact) mass is 377 g/mol. The maximum atomic E-state index is 6.18. The van der Waals surface area contributed by atoms with Crippen LogP contribution in [-0.4, -0.2) is 30.5 Å². The Balaban J connectivity index is 1.42. The number of piperazine rings is 1. The highest BCUT2D eigenvalue weighted by atomic mass is 32.2. The van der Waals surface area contributed by atoms with Gasteiger partial charge < -0.3 is 15.4 Å². The van der Waals surface area contributed by atoms with Crippen molar-refractivity contribution >= 4 is 34.1 Å². The minimum absolute atomic E-state index is 0.407. The number of nitrogens with one attached hydrogen (secondary N) is 2. The van der Waals surface area contributed by atoms with Crippen LogP contribution < -0.4 is 15.4 Å². The molecule has 1 fully saturated rings. The van der Waals surface area contributed by atoms with Gasteiger partial charge in [0.25, 0.3) is 0 Å². The van der Waals surface area contributed by atoms with Gasteiger partial charge in [0, 0.05) is 36.8 Å². The van der Waals surface area contributed by atoms with Gasteiger partial charge in [-0.15, -0.1) is 0 Å². The minimum Gasteiger partial charge on any atom is -0.453 e. The van der Waals surface area contributed by atoms with Crippen molar-refractivity contribution in [3.05, 3.63) is 60.2 Å². The first-order valence-corrected chi connectivity index (χ1v) is 10.3. The number of anilines is 2. The molecule has 138 valence electrons. The van der Waals surface area contributed by atoms with Crippen molar-refractivity contribution in [2.24, 2.45) is 0 Å². The summed E-state index contributed by atoms with van der Waals surface area (Å²) >= 11 is 1.94. The van der Waals surface area contributed by atoms with E-state index in [1.165, 1.54) is 16.3 Å². The van der Waals surface area contributed by atoms with Gasteiger partial charge in [0.15, 0.2) is 11.5 Å². The quantitative estimate of drug-likeness (QED) is 0.474. The van der Waals surface area contributed by atoms with Gasteiger partial charge in [0.05, 0.1) is 11.4 Å². The summed E-state index contributed by atoms with van der Waals surface area (Å²) in [4.78, 5) is 0. The molecule has 2 N–H and O–H groups in total. The Morgan fingerprint density at radius 1 is 1.00 bits per heavy atom. The predicted molar refractivity (Wildman–Crippen MR) is 114 cm³/mol. The molecule has 3 aromatic carbocycles. The SMILES string of the molecule is CC(SN1CCNCC1)c1ccc2c(c1)Nc1c(ccc3ccccc13)O2. The third kappa shape index (κ3) is 3.27. The number of fused-ring (bicyclic) bond motifs is 4. The molecule has 3 aromatic rings. The molecule has 0 spiro atoms. The molecule has 0 saturated carbocycles.